The van der Waals surface area contributed by atoms with Crippen LogP contribution >= 0.6 is 11.3 Å². The van der Waals surface area contributed by atoms with Crippen molar-refractivity contribution >= 4 is 17.1 Å². The molecule has 0 fully saturated rings. The predicted octanol–water partition coefficient (Wildman–Crippen LogP) is 1.05. The van der Waals surface area contributed by atoms with Crippen LogP contribution in [0.15, 0.2) is 10.3 Å². The number of carbonyl (C=O) groups is 1. The molecule has 0 unspecified atom stereocenters. The summed E-state index contributed by atoms with van der Waals surface area (Å²) in [5.74, 6) is -1.15. The van der Waals surface area contributed by atoms with Gasteiger partial charge in [-0.15, -0.1) is 0 Å². The van der Waals surface area contributed by atoms with E-state index in [4.69, 9.17) is 0 Å². The maximum atomic E-state index is 11.4. The molecule has 0 aliphatic rings. The summed E-state index contributed by atoms with van der Waals surface area (Å²) in [7, 11) is 0. The number of aromatic hydroxyl groups is 1. The highest BCUT2D eigenvalue weighted by atomic mass is 32.1. The van der Waals surface area contributed by atoms with Crippen LogP contribution in [0.25, 0.3) is 0 Å². The van der Waals surface area contributed by atoms with E-state index in [1.165, 1.54) is 5.51 Å². The molecule has 1 aromatic rings. The second-order valence-electron chi connectivity index (χ2n) is 2.86. The topological polar surface area (TPSA) is 67.3 Å². The average Bonchev–Trinajstić information content (AvgIpc) is 2.03. The fourth-order valence-electron chi connectivity index (χ4n) is 0.838. The third-order valence-electron chi connectivity index (χ3n) is 1.53. The molecule has 13 heavy (non-hydrogen) atoms. The molecule has 0 radical (unpaired) electrons. The average molecular weight is 199 g/mol. The molecule has 1 aromatic heterocycles. The largest absolute Gasteiger partial charge is 0.493 e. The number of nitrogens with zero attached hydrogens (tertiary/aromatic N) is 1. The third-order valence-corrected chi connectivity index (χ3v) is 2.16. The van der Waals surface area contributed by atoms with Crippen molar-refractivity contribution in [3.63, 3.8) is 0 Å². The summed E-state index contributed by atoms with van der Waals surface area (Å²) in [4.78, 5) is 26.1. The minimum atomic E-state index is -0.470. The fourth-order valence-corrected chi connectivity index (χ4v) is 1.40. The highest BCUT2D eigenvalue weighted by Gasteiger charge is 2.19. The van der Waals surface area contributed by atoms with Crippen LogP contribution < -0.4 is 4.74 Å². The summed E-state index contributed by atoms with van der Waals surface area (Å²) >= 11 is 0.806. The Morgan fingerprint density at radius 2 is 2.23 bits per heavy atom. The molecule has 1 N–H and O–H groups in total. The van der Waals surface area contributed by atoms with Crippen molar-refractivity contribution in [2.45, 2.75) is 13.8 Å². The molecule has 5 heteroatoms. The molecule has 0 atom stereocenters. The van der Waals surface area contributed by atoms with Gasteiger partial charge >= 0.3 is 0 Å². The number of carbonyl (C=O) groups excluding carboxylic acids is 1. The van der Waals surface area contributed by atoms with E-state index in [9.17, 15) is 14.7 Å². The molecule has 0 saturated carbocycles. The smallest absolute Gasteiger partial charge is 0.250 e. The van der Waals surface area contributed by atoms with Gasteiger partial charge in [0, 0.05) is 5.92 Å². The Morgan fingerprint density at radius 1 is 1.62 bits per heavy atom. The molecule has 1 heterocycles. The second-order valence-corrected chi connectivity index (χ2v) is 3.67. The van der Waals surface area contributed by atoms with Gasteiger partial charge in [0.2, 0.25) is 10.6 Å². The Balaban J connectivity index is 3.29. The van der Waals surface area contributed by atoms with Gasteiger partial charge in [-0.1, -0.05) is 25.2 Å². The zero-order valence-corrected chi connectivity index (χ0v) is 8.09. The number of rotatable bonds is 2. The van der Waals surface area contributed by atoms with Crippen molar-refractivity contribution < 1.29 is 9.90 Å². The van der Waals surface area contributed by atoms with E-state index < -0.39 is 10.6 Å². The third kappa shape index (κ3) is 1.92. The molecular formula is C8H9NO3S. The maximum Gasteiger partial charge on any atom is 0.250 e. The molecule has 0 aliphatic carbocycles. The molecule has 1 rings (SSSR count). The Morgan fingerprint density at radius 3 is 2.69 bits per heavy atom. The standard InChI is InChI=1S/C8H9NO3S/c1-4(2)6(10)5-7(11)9-3-13-8(5)12/h3-4,11H,1-2H3. The van der Waals surface area contributed by atoms with Crippen LogP contribution in [0.3, 0.4) is 0 Å². The van der Waals surface area contributed by atoms with Crippen LogP contribution in [0.1, 0.15) is 24.2 Å². The van der Waals surface area contributed by atoms with Gasteiger partial charge < -0.3 is 5.11 Å². The predicted molar refractivity (Wildman–Crippen MR) is 49.2 cm³/mol. The lowest BCUT2D eigenvalue weighted by Gasteiger charge is -2.02. The first-order valence-corrected chi connectivity index (χ1v) is 4.63. The molecule has 0 spiro atoms. The van der Waals surface area contributed by atoms with Crippen molar-refractivity contribution in [2.24, 2.45) is 5.92 Å². The number of aromatic nitrogens is 1. The number of ketones is 1. The molecule has 0 amide bonds. The van der Waals surface area contributed by atoms with Gasteiger partial charge in [0.1, 0.15) is 5.56 Å². The quantitative estimate of drug-likeness (QED) is 0.723. The molecule has 4 nitrogen and oxygen atoms in total. The van der Waals surface area contributed by atoms with Crippen LogP contribution in [0.5, 0.6) is 5.88 Å². The number of hydrogen-bond acceptors (Lipinski definition) is 5. The summed E-state index contributed by atoms with van der Waals surface area (Å²) in [5, 5.41) is 9.19. The minimum Gasteiger partial charge on any atom is -0.493 e. The van der Waals surface area contributed by atoms with Crippen molar-refractivity contribution in [1.29, 1.82) is 0 Å². The molecular weight excluding hydrogens is 190 g/mol. The first-order valence-electron chi connectivity index (χ1n) is 3.75. The zero-order chi connectivity index (χ0) is 10.0. The van der Waals surface area contributed by atoms with Gasteiger partial charge in [-0.3, -0.25) is 9.59 Å². The fraction of sp³-hybridized carbons (Fsp3) is 0.375. The molecule has 0 bridgehead atoms. The Labute approximate surface area is 78.9 Å². The monoisotopic (exact) mass is 199 g/mol. The Hall–Kier alpha value is -1.23. The second kappa shape index (κ2) is 3.66. The molecule has 0 aliphatic heterocycles. The summed E-state index contributed by atoms with van der Waals surface area (Å²) in [6, 6.07) is 0. The maximum absolute atomic E-state index is 11.4. The lowest BCUT2D eigenvalue weighted by Crippen LogP contribution is -2.17. The summed E-state index contributed by atoms with van der Waals surface area (Å²) in [6.07, 6.45) is 0. The van der Waals surface area contributed by atoms with Gasteiger partial charge in [-0.05, 0) is 0 Å². The number of Topliss-reactive ketones (excluding diaryl/α,β-unsaturated/α-hetero) is 1. The van der Waals surface area contributed by atoms with Crippen LogP contribution in [0, 0.1) is 5.92 Å². The van der Waals surface area contributed by atoms with E-state index in [0.717, 1.165) is 11.3 Å². The van der Waals surface area contributed by atoms with E-state index in [0.29, 0.717) is 0 Å². The highest BCUT2D eigenvalue weighted by Crippen LogP contribution is 2.13. The van der Waals surface area contributed by atoms with Crippen molar-refractivity contribution in [2.75, 3.05) is 0 Å². The summed E-state index contributed by atoms with van der Waals surface area (Å²) in [5.41, 5.74) is 1.02. The summed E-state index contributed by atoms with van der Waals surface area (Å²) in [6.45, 7) is 3.33. The van der Waals surface area contributed by atoms with E-state index in [2.05, 4.69) is 4.98 Å². The van der Waals surface area contributed by atoms with Crippen LogP contribution in [0.4, 0.5) is 0 Å². The molecule has 0 aromatic carbocycles. The van der Waals surface area contributed by atoms with Gasteiger partial charge in [-0.25, -0.2) is 4.98 Å². The lowest BCUT2D eigenvalue weighted by molar-refractivity contribution is 0.0935. The van der Waals surface area contributed by atoms with E-state index >= 15 is 0 Å². The molecule has 70 valence electrons. The van der Waals surface area contributed by atoms with Gasteiger partial charge in [0.05, 0.1) is 5.51 Å². The zero-order valence-electron chi connectivity index (χ0n) is 7.27. The van der Waals surface area contributed by atoms with Crippen LogP contribution in [0.2, 0.25) is 0 Å². The van der Waals surface area contributed by atoms with Gasteiger partial charge in [0.15, 0.2) is 5.78 Å². The Kier molecular flexibility index (Phi) is 2.77. The van der Waals surface area contributed by atoms with Crippen LogP contribution in [-0.4, -0.2) is 15.9 Å². The van der Waals surface area contributed by atoms with Gasteiger partial charge in [0.25, 0.3) is 0 Å². The van der Waals surface area contributed by atoms with E-state index in [1.807, 2.05) is 0 Å². The molecule has 0 saturated heterocycles. The highest BCUT2D eigenvalue weighted by molar-refractivity contribution is 7.07. The van der Waals surface area contributed by atoms with Crippen molar-refractivity contribution in [3.05, 3.63) is 20.6 Å². The minimum absolute atomic E-state index is 0.192. The van der Waals surface area contributed by atoms with Crippen molar-refractivity contribution in [3.8, 4) is 5.88 Å². The van der Waals surface area contributed by atoms with Crippen LogP contribution in [-0.2, 0) is 0 Å². The first kappa shape index (κ1) is 9.85. The first-order chi connectivity index (χ1) is 6.04. The SMILES string of the molecule is CC(C)C(=O)c1c(O)ncsc1=O. The summed E-state index contributed by atoms with van der Waals surface area (Å²) < 4.78 is -0.439. The van der Waals surface area contributed by atoms with Gasteiger partial charge in [-0.2, -0.15) is 0 Å². The van der Waals surface area contributed by atoms with E-state index in [1.54, 1.807) is 13.8 Å². The Bertz CT molecular complexity index is 383. The number of hydrogen-bond donors (Lipinski definition) is 1. The normalized spacial score (nSPS) is 10.4. The lowest BCUT2D eigenvalue weighted by atomic mass is 10.0. The van der Waals surface area contributed by atoms with Crippen molar-refractivity contribution in [1.82, 2.24) is 4.98 Å². The van der Waals surface area contributed by atoms with E-state index in [-0.39, 0.29) is 17.3 Å².